The van der Waals surface area contributed by atoms with E-state index in [9.17, 15) is 19.2 Å². The minimum Gasteiger partial charge on any atom is -0.461 e. The predicted octanol–water partition coefficient (Wildman–Crippen LogP) is 2.08. The first kappa shape index (κ1) is 31.5. The number of ketones is 1. The van der Waals surface area contributed by atoms with Gasteiger partial charge in [-0.1, -0.05) is 5.16 Å². The molecule has 5 fully saturated rings. The fourth-order valence-electron chi connectivity index (χ4n) is 8.62. The number of nitrogens with two attached hydrogens (primary N) is 1. The molecule has 1 amide bonds. The van der Waals surface area contributed by atoms with Crippen molar-refractivity contribution in [1.29, 1.82) is 5.26 Å². The number of aromatic nitrogens is 3. The van der Waals surface area contributed by atoms with E-state index >= 15 is 0 Å². The Morgan fingerprint density at radius 2 is 1.88 bits per heavy atom. The molecule has 17 heteroatoms. The summed E-state index contributed by atoms with van der Waals surface area (Å²) in [6.07, 6.45) is 2.98. The minimum atomic E-state index is -0.874. The summed E-state index contributed by atoms with van der Waals surface area (Å²) in [6, 6.07) is 2.18. The normalized spacial score (nSPS) is 28.8. The number of halogens is 1. The van der Waals surface area contributed by atoms with E-state index in [0.717, 1.165) is 48.4 Å². The maximum Gasteiger partial charge on any atom is 0.323 e. The van der Waals surface area contributed by atoms with Crippen molar-refractivity contribution in [2.24, 2.45) is 5.16 Å². The third kappa shape index (κ3) is 4.97. The number of nitrogen functional groups attached to an aromatic ring is 1. The van der Waals surface area contributed by atoms with Crippen molar-refractivity contribution >= 4 is 57.4 Å². The van der Waals surface area contributed by atoms with Crippen molar-refractivity contribution in [3.8, 4) is 12.1 Å². The molecule has 48 heavy (non-hydrogen) atoms. The lowest BCUT2D eigenvalue weighted by Crippen LogP contribution is -2.59. The number of Topliss-reactive ketones (excluding diaryl/α,β-unsaturated/α-hetero) is 1. The maximum absolute atomic E-state index is 14.5. The van der Waals surface area contributed by atoms with E-state index in [1.54, 1.807) is 4.90 Å². The summed E-state index contributed by atoms with van der Waals surface area (Å²) in [6.45, 7) is 5.04. The summed E-state index contributed by atoms with van der Waals surface area (Å²) in [4.78, 5) is 54.1. The van der Waals surface area contributed by atoms with E-state index < -0.39 is 17.9 Å². The summed E-state index contributed by atoms with van der Waals surface area (Å²) in [5.74, 6) is 0.872. The highest BCUT2D eigenvalue weighted by Gasteiger charge is 2.54. The fourth-order valence-corrected chi connectivity index (χ4v) is 11.4. The summed E-state index contributed by atoms with van der Waals surface area (Å²) in [7, 11) is 1.32. The van der Waals surface area contributed by atoms with Gasteiger partial charge in [0.15, 0.2) is 5.78 Å². The largest absolute Gasteiger partial charge is 0.461 e. The van der Waals surface area contributed by atoms with Crippen LogP contribution in [0.2, 0.25) is 0 Å². The Morgan fingerprint density at radius 3 is 2.56 bits per heavy atom. The van der Waals surface area contributed by atoms with Crippen LogP contribution in [-0.4, -0.2) is 119 Å². The molecule has 5 saturated heterocycles. The third-order valence-electron chi connectivity index (χ3n) is 10.8. The van der Waals surface area contributed by atoms with E-state index in [2.05, 4.69) is 25.9 Å². The molecule has 2 bridgehead atoms. The van der Waals surface area contributed by atoms with Crippen LogP contribution < -0.4 is 20.3 Å². The van der Waals surface area contributed by atoms with E-state index in [-0.39, 0.29) is 34.1 Å². The molecule has 8 rings (SSSR count). The molecule has 8 heterocycles. The monoisotopic (exact) mass is 696 g/mol. The molecule has 254 valence electrons. The quantitative estimate of drug-likeness (QED) is 0.242. The van der Waals surface area contributed by atoms with Gasteiger partial charge in [-0.15, -0.1) is 23.1 Å². The standard InChI is InChI=1S/C31H37FN10O4S2/c1-17(43)24(38-45-2)26(44)42-19-4-5-20(42)12-39(11-19)27-35-28(37-29(36-27)46-16-30-6-3-7-41(30)10-18(32)8-30)40-14-31(15-40)23-21(9-33)25(34)48-22(23)13-47-31/h18-20H,3-8,10-16,34H2,1-2H3/b38-24+/t18-,19?,20?,30+/m1/s1. The molecule has 2 aromatic rings. The SMILES string of the molecule is CO/N=C(\C(C)=O)C(=O)N1C2CCC1CN(c1nc(OC[C@@]34CCCN3C[C@H](F)C4)nc(N3CC4(C3)SCc3sc(N)c(C#N)c34)n1)C2. The molecule has 14 nitrogen and oxygen atoms in total. The maximum atomic E-state index is 14.5. The number of carbonyl (C=O) groups is 2. The number of hydrogen-bond donors (Lipinski definition) is 1. The number of hydrogen-bond acceptors (Lipinski definition) is 15. The van der Waals surface area contributed by atoms with E-state index in [1.807, 2.05) is 11.8 Å². The molecule has 2 N–H and O–H groups in total. The summed E-state index contributed by atoms with van der Waals surface area (Å²) >= 11 is 3.32. The first-order valence-corrected chi connectivity index (χ1v) is 18.1. The molecule has 6 aliphatic heterocycles. The first-order chi connectivity index (χ1) is 23.1. The third-order valence-corrected chi connectivity index (χ3v) is 13.4. The Labute approximate surface area is 285 Å². The van der Waals surface area contributed by atoms with Crippen molar-refractivity contribution in [3.63, 3.8) is 0 Å². The molecule has 4 atom stereocenters. The number of fused-ring (bicyclic) bond motifs is 5. The number of thiophene rings is 1. The van der Waals surface area contributed by atoms with E-state index in [0.29, 0.717) is 68.2 Å². The molecular formula is C31H37FN10O4S2. The second-order valence-electron chi connectivity index (χ2n) is 13.7. The number of carbonyl (C=O) groups excluding carboxylic acids is 2. The Hall–Kier alpha value is -3.75. The number of piperazine rings is 1. The fraction of sp³-hybridized carbons (Fsp3) is 0.645. The molecule has 0 aromatic carbocycles. The smallest absolute Gasteiger partial charge is 0.323 e. The average Bonchev–Trinajstić information content (AvgIpc) is 3.82. The Morgan fingerprint density at radius 1 is 1.15 bits per heavy atom. The number of rotatable bonds is 8. The minimum absolute atomic E-state index is 0.165. The van der Waals surface area contributed by atoms with Crippen LogP contribution in [0.4, 0.5) is 21.3 Å². The van der Waals surface area contributed by atoms with Crippen molar-refractivity contribution in [2.45, 2.75) is 73.3 Å². The number of alkyl halides is 1. The van der Waals surface area contributed by atoms with Crippen molar-refractivity contribution in [3.05, 3.63) is 16.0 Å². The second-order valence-corrected chi connectivity index (χ2v) is 16.1. The van der Waals surface area contributed by atoms with E-state index in [1.165, 1.54) is 25.4 Å². The van der Waals surface area contributed by atoms with Crippen LogP contribution >= 0.6 is 23.1 Å². The van der Waals surface area contributed by atoms with E-state index in [4.69, 9.17) is 30.3 Å². The topological polar surface area (TPSA) is 166 Å². The van der Waals surface area contributed by atoms with Crippen molar-refractivity contribution in [1.82, 2.24) is 24.8 Å². The highest BCUT2D eigenvalue weighted by atomic mass is 32.2. The van der Waals surface area contributed by atoms with Gasteiger partial charge in [-0.05, 0) is 32.2 Å². The number of amides is 1. The van der Waals surface area contributed by atoms with Crippen LogP contribution in [0.1, 0.15) is 55.0 Å². The summed E-state index contributed by atoms with van der Waals surface area (Å²) in [5, 5.41) is 14.1. The Bertz CT molecular complexity index is 1730. The molecule has 2 aromatic heterocycles. The lowest BCUT2D eigenvalue weighted by molar-refractivity contribution is -0.128. The Kier molecular flexibility index (Phi) is 7.68. The van der Waals surface area contributed by atoms with Crippen molar-refractivity contribution in [2.75, 3.05) is 68.5 Å². The van der Waals surface area contributed by atoms with Gasteiger partial charge in [-0.25, -0.2) is 4.39 Å². The van der Waals surface area contributed by atoms with Gasteiger partial charge in [0.05, 0.1) is 27.9 Å². The number of anilines is 3. The van der Waals surface area contributed by atoms with Crippen LogP contribution in [0.5, 0.6) is 6.01 Å². The number of nitriles is 1. The lowest BCUT2D eigenvalue weighted by Gasteiger charge is -2.48. The Balaban J connectivity index is 1.07. The van der Waals surface area contributed by atoms with Crippen LogP contribution in [-0.2, 0) is 24.9 Å². The predicted molar refractivity (Wildman–Crippen MR) is 178 cm³/mol. The summed E-state index contributed by atoms with van der Waals surface area (Å²) in [5.41, 5.74) is 7.25. The van der Waals surface area contributed by atoms with Crippen LogP contribution in [0.3, 0.4) is 0 Å². The van der Waals surface area contributed by atoms with Crippen molar-refractivity contribution < 1.29 is 23.6 Å². The highest BCUT2D eigenvalue weighted by molar-refractivity contribution is 8.00. The zero-order valence-electron chi connectivity index (χ0n) is 26.9. The molecule has 0 aliphatic carbocycles. The summed E-state index contributed by atoms with van der Waals surface area (Å²) < 4.78 is 20.6. The lowest BCUT2D eigenvalue weighted by atomic mass is 9.88. The number of oxime groups is 1. The molecule has 0 saturated carbocycles. The van der Waals surface area contributed by atoms with Gasteiger partial charge in [0.25, 0.3) is 5.91 Å². The highest BCUT2D eigenvalue weighted by Crippen LogP contribution is 2.57. The van der Waals surface area contributed by atoms with Gasteiger partial charge in [-0.3, -0.25) is 14.5 Å². The first-order valence-electron chi connectivity index (χ1n) is 16.3. The van der Waals surface area contributed by atoms with Crippen LogP contribution in [0.15, 0.2) is 5.16 Å². The van der Waals surface area contributed by atoms with Gasteiger partial charge in [0.2, 0.25) is 17.6 Å². The number of thioether (sulfide) groups is 1. The van der Waals surface area contributed by atoms with Gasteiger partial charge >= 0.3 is 6.01 Å². The van der Waals surface area contributed by atoms with Crippen LogP contribution in [0, 0.1) is 11.3 Å². The van der Waals surface area contributed by atoms with Gasteiger partial charge in [0, 0.05) is 62.3 Å². The van der Waals surface area contributed by atoms with Gasteiger partial charge in [0.1, 0.15) is 31.0 Å². The molecule has 6 aliphatic rings. The molecule has 2 unspecified atom stereocenters. The average molecular weight is 697 g/mol. The molecular weight excluding hydrogens is 660 g/mol. The molecule has 1 spiro atoms. The zero-order valence-corrected chi connectivity index (χ0v) is 28.5. The van der Waals surface area contributed by atoms with Gasteiger partial charge < -0.3 is 30.0 Å². The second kappa shape index (κ2) is 11.7. The molecule has 0 radical (unpaired) electrons. The van der Waals surface area contributed by atoms with Crippen LogP contribution in [0.25, 0.3) is 0 Å². The number of ether oxygens (including phenoxy) is 1. The number of nitrogens with zero attached hydrogens (tertiary/aromatic N) is 9. The zero-order chi connectivity index (χ0) is 33.4. The van der Waals surface area contributed by atoms with Gasteiger partial charge in [-0.2, -0.15) is 20.2 Å².